The highest BCUT2D eigenvalue weighted by molar-refractivity contribution is 6.35. The van der Waals surface area contributed by atoms with Gasteiger partial charge in [-0.3, -0.25) is 10.2 Å². The van der Waals surface area contributed by atoms with Crippen LogP contribution in [-0.2, 0) is 11.2 Å². The Balaban J connectivity index is 1.37. The zero-order valence-electron chi connectivity index (χ0n) is 24.6. The second-order valence-corrected chi connectivity index (χ2v) is 10.7. The average Bonchev–Trinajstić information content (AvgIpc) is 3.58. The topological polar surface area (TPSA) is 107 Å². The number of aryl methyl sites for hydroxylation is 1. The summed E-state index contributed by atoms with van der Waals surface area (Å²) in [6, 6.07) is 18.5. The second-order valence-electron chi connectivity index (χ2n) is 10.4. The maximum atomic E-state index is 14.1. The van der Waals surface area contributed by atoms with E-state index < -0.39 is 29.9 Å². The summed E-state index contributed by atoms with van der Waals surface area (Å²) in [4.78, 5) is 28.2. The zero-order valence-corrected chi connectivity index (χ0v) is 25.4. The monoisotopic (exact) mass is 639 g/mol. The van der Waals surface area contributed by atoms with E-state index in [1.165, 1.54) is 10.7 Å². The first kappa shape index (κ1) is 31.9. The molecule has 0 bridgehead atoms. The molecule has 45 heavy (non-hydrogen) atoms. The molecule has 1 saturated heterocycles. The van der Waals surface area contributed by atoms with Crippen LogP contribution < -0.4 is 20.1 Å². The van der Waals surface area contributed by atoms with E-state index in [9.17, 15) is 18.4 Å². The van der Waals surface area contributed by atoms with Gasteiger partial charge in [-0.05, 0) is 47.9 Å². The van der Waals surface area contributed by atoms with Crippen molar-refractivity contribution in [1.82, 2.24) is 20.0 Å². The largest absolute Gasteiger partial charge is 0.520 e. The second kappa shape index (κ2) is 14.5. The van der Waals surface area contributed by atoms with Crippen LogP contribution in [0.25, 0.3) is 5.69 Å². The van der Waals surface area contributed by atoms with Crippen molar-refractivity contribution in [3.05, 3.63) is 101 Å². The summed E-state index contributed by atoms with van der Waals surface area (Å²) in [5.74, 6) is -2.15. The molecule has 13 heteroatoms. The number of halogens is 3. The maximum Gasteiger partial charge on any atom is 0.520 e. The van der Waals surface area contributed by atoms with Gasteiger partial charge in [-0.1, -0.05) is 61.0 Å². The van der Waals surface area contributed by atoms with Gasteiger partial charge in [0.05, 0.1) is 18.3 Å². The van der Waals surface area contributed by atoms with Crippen molar-refractivity contribution in [3.63, 3.8) is 0 Å². The van der Waals surface area contributed by atoms with Crippen LogP contribution in [0.2, 0.25) is 5.02 Å². The Morgan fingerprint density at radius 1 is 1.00 bits per heavy atom. The van der Waals surface area contributed by atoms with Crippen molar-refractivity contribution in [1.29, 1.82) is 0 Å². The molecule has 1 aromatic heterocycles. The Morgan fingerprint density at radius 3 is 2.49 bits per heavy atom. The number of nitrogens with zero attached hydrogens (tertiary/aromatic N) is 3. The van der Waals surface area contributed by atoms with Gasteiger partial charge in [0.15, 0.2) is 17.5 Å². The Bertz CT molecular complexity index is 1650. The summed E-state index contributed by atoms with van der Waals surface area (Å²) >= 11 is 6.62. The van der Waals surface area contributed by atoms with Gasteiger partial charge in [0, 0.05) is 32.7 Å². The summed E-state index contributed by atoms with van der Waals surface area (Å²) in [5.41, 5.74) is 1.88. The minimum atomic E-state index is -1.05. The van der Waals surface area contributed by atoms with Crippen LogP contribution >= 0.6 is 11.6 Å². The summed E-state index contributed by atoms with van der Waals surface area (Å²) in [5, 5.41) is 9.86. The normalized spacial score (nSPS) is 16.4. The predicted octanol–water partition coefficient (Wildman–Crippen LogP) is 6.18. The molecule has 1 aliphatic rings. The highest BCUT2D eigenvalue weighted by Crippen LogP contribution is 2.35. The van der Waals surface area contributed by atoms with Gasteiger partial charge < -0.3 is 19.5 Å². The van der Waals surface area contributed by atoms with Crippen molar-refractivity contribution in [2.45, 2.75) is 25.3 Å². The van der Waals surface area contributed by atoms with E-state index in [1.54, 1.807) is 43.5 Å². The number of para-hydroxylation sites is 2. The summed E-state index contributed by atoms with van der Waals surface area (Å²) in [7, 11) is 1.59. The number of likely N-dealkylation sites (tertiary alicyclic amines) is 1. The lowest BCUT2D eigenvalue weighted by Crippen LogP contribution is -2.42. The van der Waals surface area contributed by atoms with Gasteiger partial charge in [-0.2, -0.15) is 0 Å². The quantitative estimate of drug-likeness (QED) is 0.158. The standard InChI is InChI=1S/C32H32ClF2N5O5/c1-3-20-9-7-8-12-27(20)44-32(42)45-30-28(33)29(40(38-30)22-10-5-4-6-11-22)37-31(41)36-26-19-39(15-16-43-2)18-23(26)21-13-14-24(34)25(35)17-21/h4-14,17,23,26H,3,15-16,18-19H2,1-2H3,(H2,36,37,41)/t23-,26+/m0/s1. The number of urea groups is 1. The first-order valence-corrected chi connectivity index (χ1v) is 14.7. The van der Waals surface area contributed by atoms with E-state index in [1.807, 2.05) is 25.1 Å². The third-order valence-electron chi connectivity index (χ3n) is 7.45. The van der Waals surface area contributed by atoms with Crippen molar-refractivity contribution < 1.29 is 32.6 Å². The van der Waals surface area contributed by atoms with E-state index in [0.717, 1.165) is 17.7 Å². The molecule has 1 fully saturated rings. The van der Waals surface area contributed by atoms with Crippen LogP contribution in [-0.4, -0.2) is 66.3 Å². The minimum Gasteiger partial charge on any atom is -0.394 e. The fourth-order valence-corrected chi connectivity index (χ4v) is 5.42. The number of nitrogens with one attached hydrogen (secondary N) is 2. The third-order valence-corrected chi connectivity index (χ3v) is 7.79. The summed E-state index contributed by atoms with van der Waals surface area (Å²) in [6.07, 6.45) is -0.416. The lowest BCUT2D eigenvalue weighted by Gasteiger charge is -2.21. The van der Waals surface area contributed by atoms with E-state index in [4.69, 9.17) is 25.8 Å². The number of anilines is 1. The van der Waals surface area contributed by atoms with Crippen LogP contribution in [0.5, 0.6) is 11.6 Å². The Hall–Kier alpha value is -4.52. The Kier molecular flexibility index (Phi) is 10.3. The SMILES string of the molecule is CCc1ccccc1OC(=O)Oc1nn(-c2ccccc2)c(NC(=O)N[C@@H]2CN(CCOC)C[C@H]2c2ccc(F)c(F)c2)c1Cl. The number of carbonyl (C=O) groups excluding carboxylic acids is 2. The van der Waals surface area contributed by atoms with Crippen LogP contribution in [0.3, 0.4) is 0 Å². The highest BCUT2D eigenvalue weighted by Gasteiger charge is 2.35. The molecule has 0 spiro atoms. The highest BCUT2D eigenvalue weighted by atomic mass is 35.5. The Morgan fingerprint density at radius 2 is 1.76 bits per heavy atom. The molecule has 1 aliphatic heterocycles. The van der Waals surface area contributed by atoms with Crippen LogP contribution in [0.1, 0.15) is 24.0 Å². The number of hydrogen-bond acceptors (Lipinski definition) is 7. The average molecular weight is 640 g/mol. The lowest BCUT2D eigenvalue weighted by molar-refractivity contribution is 0.149. The maximum absolute atomic E-state index is 14.1. The minimum absolute atomic E-state index is 0.0377. The first-order valence-electron chi connectivity index (χ1n) is 14.3. The molecule has 2 N–H and O–H groups in total. The third kappa shape index (κ3) is 7.59. The molecular formula is C32H32ClF2N5O5. The number of rotatable bonds is 10. The van der Waals surface area contributed by atoms with Gasteiger partial charge in [0.25, 0.3) is 5.88 Å². The molecule has 0 aliphatic carbocycles. The molecule has 2 heterocycles. The number of hydrogen-bond donors (Lipinski definition) is 2. The lowest BCUT2D eigenvalue weighted by atomic mass is 9.94. The fourth-order valence-electron chi connectivity index (χ4n) is 5.22. The van der Waals surface area contributed by atoms with Crippen molar-refractivity contribution in [2.24, 2.45) is 0 Å². The van der Waals surface area contributed by atoms with Crippen LogP contribution in [0.4, 0.5) is 24.2 Å². The van der Waals surface area contributed by atoms with E-state index in [-0.39, 0.29) is 22.6 Å². The number of methoxy groups -OCH3 is 1. The molecule has 4 aromatic rings. The smallest absolute Gasteiger partial charge is 0.394 e. The number of benzene rings is 3. The molecule has 5 rings (SSSR count). The van der Waals surface area contributed by atoms with Crippen LogP contribution in [0, 0.1) is 11.6 Å². The van der Waals surface area contributed by atoms with E-state index >= 15 is 0 Å². The zero-order chi connectivity index (χ0) is 31.9. The number of carbonyl (C=O) groups is 2. The van der Waals surface area contributed by atoms with Crippen molar-refractivity contribution in [3.8, 4) is 17.3 Å². The number of aromatic nitrogens is 2. The van der Waals surface area contributed by atoms with E-state index in [2.05, 4.69) is 20.6 Å². The number of ether oxygens (including phenoxy) is 3. The Labute approximate surface area is 263 Å². The number of amides is 2. The molecule has 0 unspecified atom stereocenters. The molecular weight excluding hydrogens is 608 g/mol. The van der Waals surface area contributed by atoms with Crippen molar-refractivity contribution in [2.75, 3.05) is 38.7 Å². The molecule has 236 valence electrons. The predicted molar refractivity (Wildman–Crippen MR) is 164 cm³/mol. The van der Waals surface area contributed by atoms with Gasteiger partial charge in [-0.25, -0.2) is 23.1 Å². The molecule has 2 atom stereocenters. The molecule has 0 saturated carbocycles. The van der Waals surface area contributed by atoms with E-state index in [0.29, 0.717) is 49.7 Å². The first-order chi connectivity index (χ1) is 21.8. The van der Waals surface area contributed by atoms with Crippen molar-refractivity contribution >= 4 is 29.6 Å². The van der Waals surface area contributed by atoms with Crippen LogP contribution in [0.15, 0.2) is 72.8 Å². The van der Waals surface area contributed by atoms with Gasteiger partial charge in [-0.15, -0.1) is 5.10 Å². The fraction of sp³-hybridized carbons (Fsp3) is 0.281. The summed E-state index contributed by atoms with van der Waals surface area (Å²) < 4.78 is 45.1. The molecule has 2 amide bonds. The van der Waals surface area contributed by atoms with Gasteiger partial charge in [0.2, 0.25) is 0 Å². The van der Waals surface area contributed by atoms with Gasteiger partial charge >= 0.3 is 12.2 Å². The molecule has 0 radical (unpaired) electrons. The molecule has 3 aromatic carbocycles. The molecule has 10 nitrogen and oxygen atoms in total. The van der Waals surface area contributed by atoms with Gasteiger partial charge in [0.1, 0.15) is 10.8 Å². The summed E-state index contributed by atoms with van der Waals surface area (Å²) in [6.45, 7) is 3.90.